The van der Waals surface area contributed by atoms with Gasteiger partial charge in [0.05, 0.1) is 12.6 Å². The molecule has 9 nitrogen and oxygen atoms in total. The number of carboxylic acids is 1. The van der Waals surface area contributed by atoms with Crippen molar-refractivity contribution < 1.29 is 24.3 Å². The maximum absolute atomic E-state index is 12.3. The van der Waals surface area contributed by atoms with Gasteiger partial charge >= 0.3 is 5.97 Å². The first-order chi connectivity index (χ1) is 12.0. The molecular weight excluding hydrogens is 360 g/mol. The summed E-state index contributed by atoms with van der Waals surface area (Å²) in [7, 11) is 0. The van der Waals surface area contributed by atoms with Gasteiger partial charge in [-0.05, 0) is 11.8 Å². The Bertz CT molecular complexity index is 515. The van der Waals surface area contributed by atoms with Gasteiger partial charge in [-0.2, -0.15) is 12.6 Å². The second-order valence-electron chi connectivity index (χ2n) is 6.51. The highest BCUT2D eigenvalue weighted by atomic mass is 32.1. The smallest absolute Gasteiger partial charge is 0.326 e. The Labute approximate surface area is 159 Å². The number of nitrogens with one attached hydrogen (secondary N) is 3. The van der Waals surface area contributed by atoms with Crippen molar-refractivity contribution in [1.82, 2.24) is 16.0 Å². The van der Waals surface area contributed by atoms with Gasteiger partial charge in [-0.25, -0.2) is 4.79 Å². The van der Waals surface area contributed by atoms with E-state index in [9.17, 15) is 19.2 Å². The number of thiol groups is 1. The first-order valence-corrected chi connectivity index (χ1v) is 9.14. The molecule has 0 aliphatic rings. The first kappa shape index (κ1) is 24.2. The summed E-state index contributed by atoms with van der Waals surface area (Å²) >= 11 is 3.93. The Kier molecular flexibility index (Phi) is 10.9. The molecule has 0 aromatic heterocycles. The summed E-state index contributed by atoms with van der Waals surface area (Å²) in [6.45, 7) is 6.61. The molecule has 0 heterocycles. The zero-order chi connectivity index (χ0) is 20.4. The van der Waals surface area contributed by atoms with Gasteiger partial charge in [0, 0.05) is 5.75 Å². The average Bonchev–Trinajstić information content (AvgIpc) is 2.59. The molecule has 0 aromatic rings. The molecule has 0 saturated heterocycles. The average molecular weight is 391 g/mol. The van der Waals surface area contributed by atoms with Crippen LogP contribution in [-0.4, -0.2) is 59.2 Å². The van der Waals surface area contributed by atoms with Crippen LogP contribution in [0.5, 0.6) is 0 Å². The predicted octanol–water partition coefficient (Wildman–Crippen LogP) is -0.884. The van der Waals surface area contributed by atoms with E-state index in [4.69, 9.17) is 10.8 Å². The third-order valence-corrected chi connectivity index (χ3v) is 4.39. The Hall–Kier alpha value is -1.81. The molecule has 0 rings (SSSR count). The van der Waals surface area contributed by atoms with Crippen LogP contribution in [-0.2, 0) is 19.2 Å². The lowest BCUT2D eigenvalue weighted by Gasteiger charge is -2.24. The van der Waals surface area contributed by atoms with Crippen molar-refractivity contribution in [3.8, 4) is 0 Å². The molecule has 0 spiro atoms. The number of hydrogen-bond donors (Lipinski definition) is 6. The summed E-state index contributed by atoms with van der Waals surface area (Å²) in [5.41, 5.74) is 5.57. The summed E-state index contributed by atoms with van der Waals surface area (Å²) in [5, 5.41) is 16.5. The second-order valence-corrected chi connectivity index (χ2v) is 6.87. The van der Waals surface area contributed by atoms with Crippen molar-refractivity contribution in [2.75, 3.05) is 12.3 Å². The highest BCUT2D eigenvalue weighted by Gasteiger charge is 2.28. The molecule has 26 heavy (non-hydrogen) atoms. The summed E-state index contributed by atoms with van der Waals surface area (Å²) in [5.74, 6) is -3.17. The molecule has 6 N–H and O–H groups in total. The number of carbonyl (C=O) groups excluding carboxylic acids is 3. The van der Waals surface area contributed by atoms with Gasteiger partial charge in [0.1, 0.15) is 12.1 Å². The zero-order valence-corrected chi connectivity index (χ0v) is 16.5. The van der Waals surface area contributed by atoms with Gasteiger partial charge in [0.25, 0.3) is 0 Å². The lowest BCUT2D eigenvalue weighted by Crippen LogP contribution is -2.55. The standard InChI is InChI=1S/C16H30N4O5S/c1-5-9(4)13(16(24)25)19-11(21)6-18-15(23)12(8(2)3)20-14(22)10(17)7-26/h8-10,12-13,26H,5-7,17H2,1-4H3,(H,18,23)(H,19,21)(H,20,22)(H,24,25). The van der Waals surface area contributed by atoms with E-state index in [1.807, 2.05) is 6.92 Å². The summed E-state index contributed by atoms with van der Waals surface area (Å²) in [6.07, 6.45) is 0.580. The topological polar surface area (TPSA) is 151 Å². The maximum Gasteiger partial charge on any atom is 0.326 e. The fourth-order valence-corrected chi connectivity index (χ4v) is 2.23. The van der Waals surface area contributed by atoms with Crippen molar-refractivity contribution in [2.45, 2.75) is 52.2 Å². The number of carbonyl (C=O) groups is 4. The van der Waals surface area contributed by atoms with E-state index in [0.29, 0.717) is 6.42 Å². The lowest BCUT2D eigenvalue weighted by atomic mass is 9.99. The summed E-state index contributed by atoms with van der Waals surface area (Å²) in [6, 6.07) is -2.74. The van der Waals surface area contributed by atoms with E-state index in [2.05, 4.69) is 28.6 Å². The van der Waals surface area contributed by atoms with Crippen LogP contribution in [0.25, 0.3) is 0 Å². The van der Waals surface area contributed by atoms with Crippen LogP contribution in [0.3, 0.4) is 0 Å². The molecule has 3 amide bonds. The second kappa shape index (κ2) is 11.7. The molecule has 0 fully saturated rings. The molecule has 0 aliphatic heterocycles. The van der Waals surface area contributed by atoms with Crippen molar-refractivity contribution >= 4 is 36.3 Å². The number of hydrogen-bond acceptors (Lipinski definition) is 6. The molecule has 0 aliphatic carbocycles. The minimum absolute atomic E-state index is 0.132. The van der Waals surface area contributed by atoms with Crippen molar-refractivity contribution in [3.63, 3.8) is 0 Å². The highest BCUT2D eigenvalue weighted by Crippen LogP contribution is 2.07. The van der Waals surface area contributed by atoms with E-state index >= 15 is 0 Å². The van der Waals surface area contributed by atoms with Gasteiger partial charge in [-0.3, -0.25) is 14.4 Å². The fourth-order valence-electron chi connectivity index (χ4n) is 2.06. The lowest BCUT2D eigenvalue weighted by molar-refractivity contribution is -0.143. The number of aliphatic carboxylic acids is 1. The van der Waals surface area contributed by atoms with Crippen LogP contribution in [0, 0.1) is 11.8 Å². The molecular formula is C16H30N4O5S. The molecule has 0 bridgehead atoms. The highest BCUT2D eigenvalue weighted by molar-refractivity contribution is 7.80. The number of nitrogens with two attached hydrogens (primary N) is 1. The van der Waals surface area contributed by atoms with Crippen LogP contribution < -0.4 is 21.7 Å². The first-order valence-electron chi connectivity index (χ1n) is 8.51. The Morgan fingerprint density at radius 2 is 1.62 bits per heavy atom. The Balaban J connectivity index is 4.74. The van der Waals surface area contributed by atoms with Gasteiger partial charge in [-0.15, -0.1) is 0 Å². The van der Waals surface area contributed by atoms with Gasteiger partial charge < -0.3 is 26.8 Å². The molecule has 0 saturated carbocycles. The molecule has 150 valence electrons. The van der Waals surface area contributed by atoms with Gasteiger partial charge in [0.15, 0.2) is 0 Å². The van der Waals surface area contributed by atoms with Gasteiger partial charge in [-0.1, -0.05) is 34.1 Å². The minimum atomic E-state index is -1.13. The molecule has 10 heteroatoms. The SMILES string of the molecule is CCC(C)C(NC(=O)CNC(=O)C(NC(=O)C(N)CS)C(C)C)C(=O)O. The van der Waals surface area contributed by atoms with Crippen molar-refractivity contribution in [2.24, 2.45) is 17.6 Å². The predicted molar refractivity (Wildman–Crippen MR) is 101 cm³/mol. The van der Waals surface area contributed by atoms with E-state index in [1.54, 1.807) is 20.8 Å². The van der Waals surface area contributed by atoms with E-state index < -0.39 is 48.4 Å². The zero-order valence-electron chi connectivity index (χ0n) is 15.6. The number of amides is 3. The monoisotopic (exact) mass is 390 g/mol. The fraction of sp³-hybridized carbons (Fsp3) is 0.750. The van der Waals surface area contributed by atoms with Crippen LogP contribution in [0.4, 0.5) is 0 Å². The largest absolute Gasteiger partial charge is 0.480 e. The Morgan fingerprint density at radius 3 is 2.04 bits per heavy atom. The van der Waals surface area contributed by atoms with Crippen LogP contribution in [0.15, 0.2) is 0 Å². The van der Waals surface area contributed by atoms with E-state index in [-0.39, 0.29) is 17.6 Å². The van der Waals surface area contributed by atoms with E-state index in [0.717, 1.165) is 0 Å². The van der Waals surface area contributed by atoms with Gasteiger partial charge in [0.2, 0.25) is 17.7 Å². The molecule has 0 radical (unpaired) electrons. The molecule has 4 atom stereocenters. The minimum Gasteiger partial charge on any atom is -0.480 e. The number of carboxylic acid groups (broad SMARTS) is 1. The Morgan fingerprint density at radius 1 is 1.04 bits per heavy atom. The summed E-state index contributed by atoms with van der Waals surface area (Å²) in [4.78, 5) is 47.3. The number of rotatable bonds is 11. The van der Waals surface area contributed by atoms with Crippen LogP contribution in [0.2, 0.25) is 0 Å². The van der Waals surface area contributed by atoms with Crippen LogP contribution in [0.1, 0.15) is 34.1 Å². The normalized spacial score (nSPS) is 15.5. The van der Waals surface area contributed by atoms with Crippen molar-refractivity contribution in [3.05, 3.63) is 0 Å². The maximum atomic E-state index is 12.3. The third kappa shape index (κ3) is 8.05. The molecule has 4 unspecified atom stereocenters. The summed E-state index contributed by atoms with van der Waals surface area (Å²) < 4.78 is 0. The molecule has 0 aromatic carbocycles. The third-order valence-electron chi connectivity index (χ3n) is 4.00. The quantitative estimate of drug-likeness (QED) is 0.252. The van der Waals surface area contributed by atoms with Crippen molar-refractivity contribution in [1.29, 1.82) is 0 Å². The van der Waals surface area contributed by atoms with E-state index in [1.165, 1.54) is 0 Å². The van der Waals surface area contributed by atoms with Crippen LogP contribution >= 0.6 is 12.6 Å².